The molecule has 3 aliphatic rings. The molecule has 4 rings (SSSR count). The minimum Gasteiger partial charge on any atom is -0.316 e. The number of nitrogens with one attached hydrogen (secondary N) is 1. The normalized spacial score (nSPS) is 40.2. The molecule has 2 heteroatoms. The molecule has 3 unspecified atom stereocenters. The topological polar surface area (TPSA) is 12.0 Å². The van der Waals surface area contributed by atoms with Crippen LogP contribution < -0.4 is 5.32 Å². The van der Waals surface area contributed by atoms with Crippen LogP contribution in [0.3, 0.4) is 0 Å². The van der Waals surface area contributed by atoms with Gasteiger partial charge in [0.1, 0.15) is 0 Å². The van der Waals surface area contributed by atoms with Crippen LogP contribution in [0, 0.1) is 11.3 Å². The molecule has 84 valence electrons. The molecule has 1 saturated carbocycles. The summed E-state index contributed by atoms with van der Waals surface area (Å²) in [6, 6.07) is 9.04. The Morgan fingerprint density at radius 3 is 3.19 bits per heavy atom. The van der Waals surface area contributed by atoms with Gasteiger partial charge in [0.25, 0.3) is 0 Å². The Bertz CT molecular complexity index is 430. The van der Waals surface area contributed by atoms with Gasteiger partial charge >= 0.3 is 0 Å². The van der Waals surface area contributed by atoms with Crippen LogP contribution >= 0.6 is 11.8 Å². The summed E-state index contributed by atoms with van der Waals surface area (Å²) in [5.41, 5.74) is 2.27. The van der Waals surface area contributed by atoms with Crippen LogP contribution in [-0.4, -0.2) is 18.8 Å². The molecule has 0 spiro atoms. The predicted molar refractivity (Wildman–Crippen MR) is 67.9 cm³/mol. The van der Waals surface area contributed by atoms with Gasteiger partial charge in [-0.15, -0.1) is 11.8 Å². The van der Waals surface area contributed by atoms with Gasteiger partial charge in [0.2, 0.25) is 0 Å². The number of rotatable bonds is 1. The Balaban J connectivity index is 1.71. The highest BCUT2D eigenvalue weighted by atomic mass is 32.2. The molecule has 1 aromatic rings. The van der Waals surface area contributed by atoms with Crippen LogP contribution in [0.2, 0.25) is 0 Å². The monoisotopic (exact) mass is 231 g/mol. The first-order chi connectivity index (χ1) is 7.90. The van der Waals surface area contributed by atoms with Crippen LogP contribution in [0.1, 0.15) is 24.3 Å². The van der Waals surface area contributed by atoms with E-state index in [1.165, 1.54) is 36.6 Å². The number of hydrogen-bond donors (Lipinski definition) is 1. The SMILES string of the molecule is c1ccc2c(c1)SCC2C12CNCCC1C2. The van der Waals surface area contributed by atoms with Crippen molar-refractivity contribution in [2.75, 3.05) is 18.8 Å². The average Bonchev–Trinajstić information content (AvgIpc) is 2.92. The highest BCUT2D eigenvalue weighted by Gasteiger charge is 2.60. The Morgan fingerprint density at radius 1 is 1.31 bits per heavy atom. The maximum Gasteiger partial charge on any atom is 0.0108 e. The summed E-state index contributed by atoms with van der Waals surface area (Å²) in [5, 5.41) is 3.62. The Morgan fingerprint density at radius 2 is 2.25 bits per heavy atom. The molecular formula is C14H17NS. The average molecular weight is 231 g/mol. The highest BCUT2D eigenvalue weighted by molar-refractivity contribution is 7.99. The molecule has 1 nitrogen and oxygen atoms in total. The minimum atomic E-state index is 0.637. The summed E-state index contributed by atoms with van der Waals surface area (Å²) in [5.74, 6) is 3.16. The zero-order valence-electron chi connectivity index (χ0n) is 9.41. The van der Waals surface area contributed by atoms with E-state index < -0.39 is 0 Å². The van der Waals surface area contributed by atoms with Crippen LogP contribution in [-0.2, 0) is 0 Å². The Hall–Kier alpha value is -0.470. The van der Waals surface area contributed by atoms with E-state index in [-0.39, 0.29) is 0 Å². The van der Waals surface area contributed by atoms with Gasteiger partial charge in [-0.2, -0.15) is 0 Å². The summed E-state index contributed by atoms with van der Waals surface area (Å²) in [6.07, 6.45) is 2.88. The second-order valence-electron chi connectivity index (χ2n) is 5.50. The largest absolute Gasteiger partial charge is 0.316 e. The van der Waals surface area contributed by atoms with Crippen molar-refractivity contribution in [1.82, 2.24) is 5.32 Å². The summed E-state index contributed by atoms with van der Waals surface area (Å²) >= 11 is 2.07. The Labute approximate surface area is 101 Å². The number of fused-ring (bicyclic) bond motifs is 2. The lowest BCUT2D eigenvalue weighted by atomic mass is 9.81. The maximum atomic E-state index is 3.62. The number of benzene rings is 1. The van der Waals surface area contributed by atoms with E-state index in [0.29, 0.717) is 5.41 Å². The van der Waals surface area contributed by atoms with Crippen LogP contribution in [0.4, 0.5) is 0 Å². The second kappa shape index (κ2) is 3.27. The van der Waals surface area contributed by atoms with E-state index >= 15 is 0 Å². The molecule has 3 atom stereocenters. The van der Waals surface area contributed by atoms with Crippen molar-refractivity contribution in [3.05, 3.63) is 29.8 Å². The second-order valence-corrected chi connectivity index (χ2v) is 6.56. The number of hydrogen-bond acceptors (Lipinski definition) is 2. The first-order valence-electron chi connectivity index (χ1n) is 6.33. The number of thioether (sulfide) groups is 1. The van der Waals surface area contributed by atoms with Gasteiger partial charge in [0.15, 0.2) is 0 Å². The summed E-state index contributed by atoms with van der Waals surface area (Å²) < 4.78 is 0. The highest BCUT2D eigenvalue weighted by Crippen LogP contribution is 2.66. The zero-order chi connectivity index (χ0) is 10.6. The molecule has 1 aliphatic carbocycles. The fourth-order valence-electron chi connectivity index (χ4n) is 3.79. The lowest BCUT2D eigenvalue weighted by molar-refractivity contribution is 0.314. The van der Waals surface area contributed by atoms with Crippen molar-refractivity contribution < 1.29 is 0 Å². The van der Waals surface area contributed by atoms with E-state index in [9.17, 15) is 0 Å². The third-order valence-electron chi connectivity index (χ3n) is 4.80. The molecule has 0 bridgehead atoms. The molecule has 2 aliphatic heterocycles. The van der Waals surface area contributed by atoms with Crippen LogP contribution in [0.15, 0.2) is 29.2 Å². The smallest absolute Gasteiger partial charge is 0.0108 e. The van der Waals surface area contributed by atoms with Crippen molar-refractivity contribution in [2.45, 2.75) is 23.7 Å². The zero-order valence-corrected chi connectivity index (χ0v) is 10.2. The molecule has 0 aromatic heterocycles. The van der Waals surface area contributed by atoms with Gasteiger partial charge in [-0.1, -0.05) is 18.2 Å². The minimum absolute atomic E-state index is 0.637. The first kappa shape index (κ1) is 9.55. The molecule has 0 radical (unpaired) electrons. The fourth-order valence-corrected chi connectivity index (χ4v) is 5.20. The molecule has 1 saturated heterocycles. The van der Waals surface area contributed by atoms with Crippen molar-refractivity contribution in [3.8, 4) is 0 Å². The van der Waals surface area contributed by atoms with Crippen molar-refractivity contribution in [2.24, 2.45) is 11.3 Å². The van der Waals surface area contributed by atoms with E-state index in [4.69, 9.17) is 0 Å². The molecule has 2 fully saturated rings. The molecule has 1 N–H and O–H groups in total. The third-order valence-corrected chi connectivity index (χ3v) is 5.98. The summed E-state index contributed by atoms with van der Waals surface area (Å²) in [4.78, 5) is 1.54. The molecule has 0 amide bonds. The molecular weight excluding hydrogens is 214 g/mol. The molecule has 2 heterocycles. The van der Waals surface area contributed by atoms with Gasteiger partial charge < -0.3 is 5.32 Å². The molecule has 1 aromatic carbocycles. The fraction of sp³-hybridized carbons (Fsp3) is 0.571. The van der Waals surface area contributed by atoms with E-state index in [0.717, 1.165) is 11.8 Å². The maximum absolute atomic E-state index is 3.62. The van der Waals surface area contributed by atoms with Gasteiger partial charge in [-0.3, -0.25) is 0 Å². The first-order valence-corrected chi connectivity index (χ1v) is 7.31. The van der Waals surface area contributed by atoms with Crippen LogP contribution in [0.25, 0.3) is 0 Å². The predicted octanol–water partition coefficient (Wildman–Crippen LogP) is 2.88. The summed E-state index contributed by atoms with van der Waals surface area (Å²) in [7, 11) is 0. The summed E-state index contributed by atoms with van der Waals surface area (Å²) in [6.45, 7) is 2.51. The third kappa shape index (κ3) is 1.17. The van der Waals surface area contributed by atoms with Crippen molar-refractivity contribution >= 4 is 11.8 Å². The standard InChI is InChI=1S/C14H17NS/c1-2-4-13-11(3-1)12(8-16-13)14-7-10(14)5-6-15-9-14/h1-4,10,12,15H,5-9H2. The number of piperidine rings is 1. The van der Waals surface area contributed by atoms with Crippen molar-refractivity contribution in [1.29, 1.82) is 0 Å². The van der Waals surface area contributed by atoms with Gasteiger partial charge in [-0.05, 0) is 42.3 Å². The van der Waals surface area contributed by atoms with Gasteiger partial charge in [0, 0.05) is 23.1 Å². The molecule has 16 heavy (non-hydrogen) atoms. The van der Waals surface area contributed by atoms with Crippen molar-refractivity contribution in [3.63, 3.8) is 0 Å². The quantitative estimate of drug-likeness (QED) is 0.797. The van der Waals surface area contributed by atoms with E-state index in [1.54, 1.807) is 5.56 Å². The van der Waals surface area contributed by atoms with Crippen LogP contribution in [0.5, 0.6) is 0 Å². The van der Waals surface area contributed by atoms with E-state index in [2.05, 4.69) is 41.3 Å². The Kier molecular flexibility index (Phi) is 1.95. The van der Waals surface area contributed by atoms with Gasteiger partial charge in [-0.25, -0.2) is 0 Å². The van der Waals surface area contributed by atoms with E-state index in [1.807, 2.05) is 0 Å². The lowest BCUT2D eigenvalue weighted by Crippen LogP contribution is -2.35. The van der Waals surface area contributed by atoms with Gasteiger partial charge in [0.05, 0.1) is 0 Å². The lowest BCUT2D eigenvalue weighted by Gasteiger charge is -2.29.